The van der Waals surface area contributed by atoms with Gasteiger partial charge in [-0.3, -0.25) is 9.78 Å². The van der Waals surface area contributed by atoms with E-state index in [4.69, 9.17) is 0 Å². The third-order valence-corrected chi connectivity index (χ3v) is 5.55. The van der Waals surface area contributed by atoms with E-state index < -0.39 is 10.0 Å². The highest BCUT2D eigenvalue weighted by Gasteiger charge is 2.34. The molecule has 8 nitrogen and oxygen atoms in total. The number of carbonyl (C=O) groups is 1. The second-order valence-electron chi connectivity index (χ2n) is 5.33. The van der Waals surface area contributed by atoms with E-state index in [1.165, 1.54) is 10.5 Å². The fourth-order valence-electron chi connectivity index (χ4n) is 2.43. The Bertz CT molecular complexity index is 812. The summed E-state index contributed by atoms with van der Waals surface area (Å²) in [5.74, 6) is 0.323. The van der Waals surface area contributed by atoms with Crippen molar-refractivity contribution in [3.8, 4) is 0 Å². The van der Waals surface area contributed by atoms with Gasteiger partial charge in [-0.2, -0.15) is 4.31 Å². The van der Waals surface area contributed by atoms with Crippen LogP contribution >= 0.6 is 0 Å². The van der Waals surface area contributed by atoms with E-state index >= 15 is 0 Å². The molecule has 0 aliphatic carbocycles. The quantitative estimate of drug-likeness (QED) is 0.797. The highest BCUT2D eigenvalue weighted by molar-refractivity contribution is 7.89. The summed E-state index contributed by atoms with van der Waals surface area (Å²) in [6.45, 7) is 2.03. The van der Waals surface area contributed by atoms with Gasteiger partial charge in [-0.15, -0.1) is 0 Å². The molecule has 0 radical (unpaired) electrons. The van der Waals surface area contributed by atoms with Gasteiger partial charge in [-0.1, -0.05) is 0 Å². The zero-order valence-corrected chi connectivity index (χ0v) is 13.7. The molecule has 0 saturated carbocycles. The summed E-state index contributed by atoms with van der Waals surface area (Å²) < 4.78 is 28.0. The van der Waals surface area contributed by atoms with Gasteiger partial charge in [0.2, 0.25) is 5.91 Å². The van der Waals surface area contributed by atoms with Crippen molar-refractivity contribution in [3.05, 3.63) is 36.5 Å². The van der Waals surface area contributed by atoms with Gasteiger partial charge in [0.15, 0.2) is 5.03 Å². The predicted molar refractivity (Wildman–Crippen MR) is 83.3 cm³/mol. The Morgan fingerprint density at radius 3 is 2.61 bits per heavy atom. The van der Waals surface area contributed by atoms with Crippen LogP contribution in [0.15, 0.2) is 35.7 Å². The van der Waals surface area contributed by atoms with Crippen molar-refractivity contribution < 1.29 is 13.2 Å². The van der Waals surface area contributed by atoms with Crippen LogP contribution < -0.4 is 4.90 Å². The van der Waals surface area contributed by atoms with Crippen molar-refractivity contribution in [1.29, 1.82) is 0 Å². The number of carbonyl (C=O) groups excluding carboxylic acids is 1. The van der Waals surface area contributed by atoms with Crippen LogP contribution in [0.3, 0.4) is 0 Å². The summed E-state index contributed by atoms with van der Waals surface area (Å²) in [6.07, 6.45) is 4.67. The summed E-state index contributed by atoms with van der Waals surface area (Å²) >= 11 is 0. The fraction of sp³-hybridized carbons (Fsp3) is 0.357. The number of rotatable bonds is 3. The van der Waals surface area contributed by atoms with Crippen molar-refractivity contribution in [2.75, 3.05) is 24.5 Å². The molecule has 0 N–H and O–H groups in total. The first-order chi connectivity index (χ1) is 10.9. The number of hydrogen-bond donors (Lipinski definition) is 0. The molecule has 1 saturated heterocycles. The number of hydrogen-bond acceptors (Lipinski definition) is 5. The van der Waals surface area contributed by atoms with Crippen LogP contribution in [-0.4, -0.2) is 52.8 Å². The normalized spacial score (nSPS) is 16.8. The van der Waals surface area contributed by atoms with Crippen LogP contribution in [-0.2, 0) is 21.9 Å². The molecule has 2 aromatic rings. The van der Waals surface area contributed by atoms with E-state index in [1.54, 1.807) is 48.0 Å². The van der Waals surface area contributed by atoms with E-state index in [9.17, 15) is 13.2 Å². The number of aromatic nitrogens is 3. The minimum absolute atomic E-state index is 0.0277. The van der Waals surface area contributed by atoms with Gasteiger partial charge in [0.1, 0.15) is 5.82 Å². The molecule has 1 aliphatic heterocycles. The number of aryl methyl sites for hydroxylation is 2. The molecule has 1 amide bonds. The summed E-state index contributed by atoms with van der Waals surface area (Å²) in [5.41, 5.74) is 0.670. The zero-order valence-electron chi connectivity index (χ0n) is 12.9. The maximum Gasteiger partial charge on any atom is 0.262 e. The topological polar surface area (TPSA) is 88.4 Å². The van der Waals surface area contributed by atoms with Crippen LogP contribution in [0.25, 0.3) is 0 Å². The van der Waals surface area contributed by atoms with Crippen molar-refractivity contribution in [1.82, 2.24) is 18.8 Å². The zero-order chi connectivity index (χ0) is 16.6. The first-order valence-corrected chi connectivity index (χ1v) is 8.54. The maximum atomic E-state index is 12.6. The van der Waals surface area contributed by atoms with Gasteiger partial charge in [-0.25, -0.2) is 13.4 Å². The SMILES string of the molecule is Cc1nc(S(=O)(=O)N2CCN(c3cccnc3)C(=O)C2)cn1C. The Morgan fingerprint density at radius 2 is 2.04 bits per heavy atom. The Morgan fingerprint density at radius 1 is 1.26 bits per heavy atom. The number of pyridine rings is 1. The first-order valence-electron chi connectivity index (χ1n) is 7.10. The highest BCUT2D eigenvalue weighted by atomic mass is 32.2. The van der Waals surface area contributed by atoms with Crippen LogP contribution in [0.2, 0.25) is 0 Å². The van der Waals surface area contributed by atoms with E-state index in [0.29, 0.717) is 11.5 Å². The van der Waals surface area contributed by atoms with Crippen molar-refractivity contribution >= 4 is 21.6 Å². The van der Waals surface area contributed by atoms with Gasteiger partial charge < -0.3 is 9.47 Å². The molecule has 0 spiro atoms. The molecule has 1 aliphatic rings. The molecule has 0 aromatic carbocycles. The second kappa shape index (κ2) is 5.74. The Labute approximate surface area is 134 Å². The molecule has 9 heteroatoms. The Hall–Kier alpha value is -2.26. The minimum atomic E-state index is -3.76. The Kier molecular flexibility index (Phi) is 3.90. The molecule has 0 bridgehead atoms. The molecular weight excluding hydrogens is 318 g/mol. The highest BCUT2D eigenvalue weighted by Crippen LogP contribution is 2.20. The average molecular weight is 335 g/mol. The third kappa shape index (κ3) is 2.84. The van der Waals surface area contributed by atoms with Crippen LogP contribution in [0.1, 0.15) is 5.82 Å². The predicted octanol–water partition coefficient (Wildman–Crippen LogP) is 0.161. The smallest absolute Gasteiger partial charge is 0.262 e. The van der Waals surface area contributed by atoms with E-state index in [0.717, 1.165) is 0 Å². The molecule has 0 atom stereocenters. The third-order valence-electron chi connectivity index (χ3n) is 3.83. The van der Waals surface area contributed by atoms with Gasteiger partial charge in [0, 0.05) is 32.5 Å². The maximum absolute atomic E-state index is 12.6. The number of piperazine rings is 1. The van der Waals surface area contributed by atoms with E-state index in [1.807, 2.05) is 0 Å². The molecule has 122 valence electrons. The molecule has 3 heterocycles. The molecule has 2 aromatic heterocycles. The number of imidazole rings is 1. The van der Waals surface area contributed by atoms with Crippen molar-refractivity contribution in [3.63, 3.8) is 0 Å². The lowest BCUT2D eigenvalue weighted by Crippen LogP contribution is -2.52. The largest absolute Gasteiger partial charge is 0.337 e. The van der Waals surface area contributed by atoms with Crippen LogP contribution in [0.5, 0.6) is 0 Å². The number of sulfonamides is 1. The van der Waals surface area contributed by atoms with E-state index in [2.05, 4.69) is 9.97 Å². The minimum Gasteiger partial charge on any atom is -0.337 e. The molecule has 1 fully saturated rings. The monoisotopic (exact) mass is 335 g/mol. The van der Waals surface area contributed by atoms with Gasteiger partial charge in [-0.05, 0) is 19.1 Å². The fourth-order valence-corrected chi connectivity index (χ4v) is 3.83. The van der Waals surface area contributed by atoms with Gasteiger partial charge >= 0.3 is 0 Å². The molecule has 0 unspecified atom stereocenters. The standard InChI is InChI=1S/C14H17N5O3S/c1-11-16-13(9-17(11)2)23(21,22)18-6-7-19(14(20)10-18)12-4-3-5-15-8-12/h3-5,8-9H,6-7,10H2,1-2H3. The van der Waals surface area contributed by atoms with Crippen LogP contribution in [0, 0.1) is 6.92 Å². The van der Waals surface area contributed by atoms with Crippen LogP contribution in [0.4, 0.5) is 5.69 Å². The number of nitrogens with zero attached hydrogens (tertiary/aromatic N) is 5. The summed E-state index contributed by atoms with van der Waals surface area (Å²) in [7, 11) is -2.03. The molecule has 3 rings (SSSR count). The average Bonchev–Trinajstić information content (AvgIpc) is 2.88. The van der Waals surface area contributed by atoms with Gasteiger partial charge in [0.25, 0.3) is 10.0 Å². The molecular formula is C14H17N5O3S. The summed E-state index contributed by atoms with van der Waals surface area (Å²) in [5, 5.41) is -0.0277. The lowest BCUT2D eigenvalue weighted by Gasteiger charge is -2.32. The van der Waals surface area contributed by atoms with Gasteiger partial charge in [0.05, 0.1) is 18.4 Å². The number of anilines is 1. The van der Waals surface area contributed by atoms with E-state index in [-0.39, 0.29) is 30.6 Å². The lowest BCUT2D eigenvalue weighted by atomic mass is 10.3. The summed E-state index contributed by atoms with van der Waals surface area (Å²) in [6, 6.07) is 3.51. The van der Waals surface area contributed by atoms with Crippen molar-refractivity contribution in [2.24, 2.45) is 7.05 Å². The number of amides is 1. The van der Waals surface area contributed by atoms with Crippen molar-refractivity contribution in [2.45, 2.75) is 11.9 Å². The Balaban J connectivity index is 1.81. The second-order valence-corrected chi connectivity index (χ2v) is 7.22. The summed E-state index contributed by atoms with van der Waals surface area (Å²) in [4.78, 5) is 21.9. The molecule has 23 heavy (non-hydrogen) atoms. The first kappa shape index (κ1) is 15.6. The lowest BCUT2D eigenvalue weighted by molar-refractivity contribution is -0.119.